The van der Waals surface area contributed by atoms with Crippen molar-refractivity contribution in [1.82, 2.24) is 10.4 Å². The van der Waals surface area contributed by atoms with Gasteiger partial charge in [0, 0.05) is 11.9 Å². The predicted molar refractivity (Wildman–Crippen MR) is 84.6 cm³/mol. The van der Waals surface area contributed by atoms with Gasteiger partial charge in [-0.25, -0.2) is 9.98 Å². The lowest BCUT2D eigenvalue weighted by atomic mass is 10.1. The molecule has 0 saturated heterocycles. The van der Waals surface area contributed by atoms with Crippen molar-refractivity contribution in [3.05, 3.63) is 59.8 Å². The summed E-state index contributed by atoms with van der Waals surface area (Å²) in [5, 5.41) is 5.17. The molecule has 1 aromatic heterocycles. The van der Waals surface area contributed by atoms with Gasteiger partial charge in [-0.3, -0.25) is 5.43 Å². The Morgan fingerprint density at radius 1 is 1.15 bits per heavy atom. The fourth-order valence-corrected chi connectivity index (χ4v) is 2.56. The van der Waals surface area contributed by atoms with Crippen LogP contribution in [-0.2, 0) is 0 Å². The molecule has 0 amide bonds. The summed E-state index contributed by atoms with van der Waals surface area (Å²) in [6.45, 7) is 2.08. The Balaban J connectivity index is 1.75. The number of rotatable bonds is 2. The number of nitrogens with one attached hydrogen (secondary N) is 1. The summed E-state index contributed by atoms with van der Waals surface area (Å²) in [4.78, 5) is 8.58. The summed E-state index contributed by atoms with van der Waals surface area (Å²) in [6, 6.07) is 14.0. The maximum Gasteiger partial charge on any atom is 0.184 e. The Hall–Kier alpha value is -2.14. The van der Waals surface area contributed by atoms with E-state index in [0.29, 0.717) is 5.82 Å². The minimum Gasteiger partial charge on any atom is -0.255 e. The van der Waals surface area contributed by atoms with Gasteiger partial charge in [-0.1, -0.05) is 47.7 Å². The van der Waals surface area contributed by atoms with Gasteiger partial charge >= 0.3 is 0 Å². The number of benzene rings is 1. The summed E-state index contributed by atoms with van der Waals surface area (Å²) in [6.07, 6.45) is 1.73. The fraction of sp³-hybridized carbons (Fsp3) is 0.133. The van der Waals surface area contributed by atoms with E-state index in [2.05, 4.69) is 51.7 Å². The Bertz CT molecular complexity index is 647. The predicted octanol–water partition coefficient (Wildman–Crippen LogP) is 3.12. The van der Waals surface area contributed by atoms with Crippen LogP contribution in [0.4, 0.5) is 5.82 Å². The molecule has 2 heterocycles. The minimum atomic E-state index is 0.691. The maximum absolute atomic E-state index is 4.41. The lowest BCUT2D eigenvalue weighted by Crippen LogP contribution is -2.25. The minimum absolute atomic E-state index is 0.691. The van der Waals surface area contributed by atoms with Crippen LogP contribution in [0.15, 0.2) is 58.8 Å². The third-order valence-electron chi connectivity index (χ3n) is 2.88. The van der Waals surface area contributed by atoms with Crippen LogP contribution in [0.3, 0.4) is 0 Å². The molecule has 1 aromatic carbocycles. The van der Waals surface area contributed by atoms with Crippen LogP contribution in [0.2, 0.25) is 0 Å². The first-order chi connectivity index (χ1) is 9.81. The van der Waals surface area contributed by atoms with E-state index in [1.54, 1.807) is 18.0 Å². The maximum atomic E-state index is 4.41. The molecule has 3 rings (SSSR count). The van der Waals surface area contributed by atoms with Crippen LogP contribution in [0.1, 0.15) is 11.1 Å². The van der Waals surface area contributed by atoms with E-state index in [0.717, 1.165) is 22.2 Å². The molecule has 4 nitrogen and oxygen atoms in total. The van der Waals surface area contributed by atoms with Crippen LogP contribution in [-0.4, -0.2) is 21.6 Å². The number of hydrogen-bond acceptors (Lipinski definition) is 4. The topological polar surface area (TPSA) is 49.6 Å². The van der Waals surface area contributed by atoms with Gasteiger partial charge in [0.15, 0.2) is 11.0 Å². The smallest absolute Gasteiger partial charge is 0.184 e. The number of aromatic nitrogens is 1. The molecule has 1 aliphatic rings. The van der Waals surface area contributed by atoms with Crippen molar-refractivity contribution in [3.63, 3.8) is 0 Å². The molecule has 0 radical (unpaired) electrons. The Morgan fingerprint density at radius 3 is 2.65 bits per heavy atom. The number of aryl methyl sites for hydroxylation is 1. The van der Waals surface area contributed by atoms with E-state index < -0.39 is 0 Å². The zero-order chi connectivity index (χ0) is 13.8. The zero-order valence-electron chi connectivity index (χ0n) is 11.1. The summed E-state index contributed by atoms with van der Waals surface area (Å²) in [5.41, 5.74) is 6.43. The van der Waals surface area contributed by atoms with Gasteiger partial charge < -0.3 is 0 Å². The van der Waals surface area contributed by atoms with Gasteiger partial charge in [0.1, 0.15) is 0 Å². The third kappa shape index (κ3) is 3.05. The van der Waals surface area contributed by atoms with Gasteiger partial charge in [-0.15, -0.1) is 0 Å². The van der Waals surface area contributed by atoms with Crippen molar-refractivity contribution < 1.29 is 0 Å². The molecule has 0 bridgehead atoms. The number of pyridine rings is 1. The number of amidine groups is 1. The van der Waals surface area contributed by atoms with E-state index in [1.165, 1.54) is 5.56 Å². The molecule has 0 unspecified atom stereocenters. The first kappa shape index (κ1) is 12.9. The van der Waals surface area contributed by atoms with E-state index in [9.17, 15) is 0 Å². The van der Waals surface area contributed by atoms with E-state index in [4.69, 9.17) is 0 Å². The summed E-state index contributed by atoms with van der Waals surface area (Å²) >= 11 is 1.63. The van der Waals surface area contributed by atoms with Gasteiger partial charge in [0.05, 0.1) is 5.71 Å². The first-order valence-corrected chi connectivity index (χ1v) is 7.32. The standard InChI is InChI=1S/C15H14N4S/c1-11-5-7-12(8-6-11)13-10-20-15(19-18-13)17-14-4-2-3-9-16-14/h2-9H,10H2,1H3,(H,16,17,19). The molecule has 5 heteroatoms. The first-order valence-electron chi connectivity index (χ1n) is 6.33. The molecular weight excluding hydrogens is 268 g/mol. The van der Waals surface area contributed by atoms with Gasteiger partial charge in [0.25, 0.3) is 0 Å². The molecule has 0 spiro atoms. The van der Waals surface area contributed by atoms with Crippen LogP contribution >= 0.6 is 11.8 Å². The second-order valence-corrected chi connectivity index (χ2v) is 5.39. The van der Waals surface area contributed by atoms with Crippen LogP contribution in [0.5, 0.6) is 0 Å². The van der Waals surface area contributed by atoms with Crippen molar-refractivity contribution >= 4 is 28.5 Å². The van der Waals surface area contributed by atoms with Crippen molar-refractivity contribution in [2.24, 2.45) is 10.1 Å². The molecule has 20 heavy (non-hydrogen) atoms. The summed E-state index contributed by atoms with van der Waals surface area (Å²) in [7, 11) is 0. The molecule has 2 aromatic rings. The number of nitrogens with zero attached hydrogens (tertiary/aromatic N) is 3. The number of hydrazone groups is 1. The quantitative estimate of drug-likeness (QED) is 0.920. The third-order valence-corrected chi connectivity index (χ3v) is 3.76. The highest BCUT2D eigenvalue weighted by Crippen LogP contribution is 2.17. The molecule has 1 aliphatic heterocycles. The molecule has 0 saturated carbocycles. The van der Waals surface area contributed by atoms with Crippen molar-refractivity contribution in [2.45, 2.75) is 6.92 Å². The van der Waals surface area contributed by atoms with E-state index >= 15 is 0 Å². The molecule has 100 valence electrons. The van der Waals surface area contributed by atoms with Crippen LogP contribution < -0.4 is 5.43 Å². The highest BCUT2D eigenvalue weighted by atomic mass is 32.2. The van der Waals surface area contributed by atoms with Crippen molar-refractivity contribution in [3.8, 4) is 0 Å². The molecule has 0 fully saturated rings. The normalized spacial score (nSPS) is 16.6. The number of hydrogen-bond donors (Lipinski definition) is 1. The summed E-state index contributed by atoms with van der Waals surface area (Å²) in [5.74, 6) is 1.50. The molecule has 0 atom stereocenters. The average Bonchev–Trinajstić information content (AvgIpc) is 2.50. The lowest BCUT2D eigenvalue weighted by molar-refractivity contribution is 1.03. The molecule has 1 N–H and O–H groups in total. The van der Waals surface area contributed by atoms with Crippen molar-refractivity contribution in [2.75, 3.05) is 5.75 Å². The Labute approximate surface area is 122 Å². The van der Waals surface area contributed by atoms with E-state index in [-0.39, 0.29) is 0 Å². The average molecular weight is 282 g/mol. The Kier molecular flexibility index (Phi) is 3.78. The lowest BCUT2D eigenvalue weighted by Gasteiger charge is -2.14. The monoisotopic (exact) mass is 282 g/mol. The largest absolute Gasteiger partial charge is 0.255 e. The van der Waals surface area contributed by atoms with Gasteiger partial charge in [-0.05, 0) is 24.6 Å². The van der Waals surface area contributed by atoms with Gasteiger partial charge in [-0.2, -0.15) is 5.10 Å². The van der Waals surface area contributed by atoms with Gasteiger partial charge in [0.2, 0.25) is 0 Å². The SMILES string of the molecule is Cc1ccc(C2=NN/C(=N/c3ccccn3)SC2)cc1. The number of aliphatic imine (C=N–C) groups is 1. The molecule has 0 aliphatic carbocycles. The van der Waals surface area contributed by atoms with Crippen LogP contribution in [0, 0.1) is 6.92 Å². The van der Waals surface area contributed by atoms with Crippen molar-refractivity contribution in [1.29, 1.82) is 0 Å². The highest BCUT2D eigenvalue weighted by Gasteiger charge is 2.12. The Morgan fingerprint density at radius 2 is 2.00 bits per heavy atom. The number of thioether (sulfide) groups is 1. The second-order valence-electron chi connectivity index (χ2n) is 4.43. The van der Waals surface area contributed by atoms with E-state index in [1.807, 2.05) is 18.2 Å². The van der Waals surface area contributed by atoms with Crippen LogP contribution in [0.25, 0.3) is 0 Å². The summed E-state index contributed by atoms with van der Waals surface area (Å²) < 4.78 is 0. The zero-order valence-corrected chi connectivity index (χ0v) is 11.9. The highest BCUT2D eigenvalue weighted by molar-refractivity contribution is 8.14. The second kappa shape index (κ2) is 5.88. The fourth-order valence-electron chi connectivity index (χ4n) is 1.79. The molecular formula is C15H14N4S.